The van der Waals surface area contributed by atoms with Crippen LogP contribution in [0, 0.1) is 18.3 Å². The Bertz CT molecular complexity index is 1410. The molecule has 4 rings (SSSR count). The van der Waals surface area contributed by atoms with Crippen LogP contribution in [-0.4, -0.2) is 13.4 Å². The number of hydrogen-bond donors (Lipinski definition) is 1. The number of anilines is 1. The summed E-state index contributed by atoms with van der Waals surface area (Å²) in [4.78, 5) is 4.57. The minimum atomic E-state index is -4.09. The number of nitrogens with one attached hydrogen (secondary N) is 1. The molecule has 3 aromatic carbocycles. The first-order valence-electron chi connectivity index (χ1n) is 9.16. The maximum Gasteiger partial charge on any atom is 0.309 e. The van der Waals surface area contributed by atoms with Crippen molar-refractivity contribution >= 4 is 50.5 Å². The van der Waals surface area contributed by atoms with E-state index in [1.807, 2.05) is 49.4 Å². The molecule has 0 spiro atoms. The van der Waals surface area contributed by atoms with Crippen molar-refractivity contribution in [2.24, 2.45) is 0 Å². The lowest BCUT2D eigenvalue weighted by molar-refractivity contribution is 0.589. The summed E-state index contributed by atoms with van der Waals surface area (Å²) in [7, 11) is -4.09. The molecule has 0 amide bonds. The molecule has 1 N–H and O–H groups in total. The molecule has 4 aromatic rings. The second-order valence-corrected chi connectivity index (χ2v) is 9.84. The summed E-state index contributed by atoms with van der Waals surface area (Å²) in [5.41, 5.74) is 3.09. The third-order valence-electron chi connectivity index (χ3n) is 4.45. The smallest absolute Gasteiger partial charge is 0.309 e. The van der Waals surface area contributed by atoms with Gasteiger partial charge in [0.25, 0.3) is 10.0 Å². The minimum Gasteiger partial charge on any atom is -0.423 e. The average Bonchev–Trinajstić information content (AvgIpc) is 3.13. The van der Waals surface area contributed by atoms with Crippen LogP contribution in [0.4, 0.5) is 6.01 Å². The summed E-state index contributed by atoms with van der Waals surface area (Å²) in [6, 6.07) is 19.6. The van der Waals surface area contributed by atoms with E-state index in [4.69, 9.17) is 16.0 Å². The molecule has 0 unspecified atom stereocenters. The van der Waals surface area contributed by atoms with E-state index in [2.05, 4.69) is 9.71 Å². The Morgan fingerprint density at radius 2 is 1.94 bits per heavy atom. The normalized spacial score (nSPS) is 11.4. The summed E-state index contributed by atoms with van der Waals surface area (Å²) in [6.07, 6.45) is 0. The van der Waals surface area contributed by atoms with Gasteiger partial charge in [-0.2, -0.15) is 10.2 Å². The number of thioether (sulfide) groups is 1. The SMILES string of the molecule is Cc1ccc2oc(NS(=O)(=O)c3cc(C#N)c(Cl)cc3SCc3ccccc3)nc2c1. The Morgan fingerprint density at radius 1 is 1.16 bits per heavy atom. The Hall–Kier alpha value is -2.99. The highest BCUT2D eigenvalue weighted by atomic mass is 35.5. The third kappa shape index (κ3) is 4.69. The third-order valence-corrected chi connectivity index (χ3v) is 7.37. The van der Waals surface area contributed by atoms with Gasteiger partial charge in [0.1, 0.15) is 16.5 Å². The van der Waals surface area contributed by atoms with Gasteiger partial charge in [-0.25, -0.2) is 13.1 Å². The first kappa shape index (κ1) is 21.2. The molecule has 0 aliphatic rings. The monoisotopic (exact) mass is 469 g/mol. The average molecular weight is 470 g/mol. The maximum atomic E-state index is 13.2. The molecule has 6 nitrogen and oxygen atoms in total. The number of aryl methyl sites for hydroxylation is 1. The fraction of sp³-hybridized carbons (Fsp3) is 0.0909. The van der Waals surface area contributed by atoms with Gasteiger partial charge in [-0.1, -0.05) is 48.0 Å². The van der Waals surface area contributed by atoms with E-state index in [0.717, 1.165) is 11.1 Å². The van der Waals surface area contributed by atoms with Crippen molar-refractivity contribution in [1.29, 1.82) is 5.26 Å². The molecule has 0 saturated carbocycles. The summed E-state index contributed by atoms with van der Waals surface area (Å²) < 4.78 is 34.3. The van der Waals surface area contributed by atoms with Gasteiger partial charge in [0, 0.05) is 10.6 Å². The van der Waals surface area contributed by atoms with Crippen LogP contribution in [0.2, 0.25) is 5.02 Å². The van der Waals surface area contributed by atoms with E-state index in [0.29, 0.717) is 21.7 Å². The van der Waals surface area contributed by atoms with Crippen molar-refractivity contribution in [2.45, 2.75) is 22.5 Å². The Balaban J connectivity index is 1.70. The van der Waals surface area contributed by atoms with Crippen molar-refractivity contribution in [3.05, 3.63) is 82.4 Å². The first-order chi connectivity index (χ1) is 14.9. The number of hydrogen-bond acceptors (Lipinski definition) is 6. The number of aromatic nitrogens is 1. The molecule has 0 fully saturated rings. The molecule has 0 atom stereocenters. The van der Waals surface area contributed by atoms with Crippen molar-refractivity contribution < 1.29 is 12.8 Å². The molecule has 9 heteroatoms. The fourth-order valence-electron chi connectivity index (χ4n) is 2.93. The van der Waals surface area contributed by atoms with Crippen LogP contribution < -0.4 is 4.72 Å². The van der Waals surface area contributed by atoms with Crippen LogP contribution in [0.5, 0.6) is 0 Å². The van der Waals surface area contributed by atoms with E-state index < -0.39 is 10.0 Å². The van der Waals surface area contributed by atoms with Crippen molar-refractivity contribution in [3.63, 3.8) is 0 Å². The van der Waals surface area contributed by atoms with Crippen LogP contribution in [0.3, 0.4) is 0 Å². The number of rotatable bonds is 6. The van der Waals surface area contributed by atoms with Crippen molar-refractivity contribution in [3.8, 4) is 6.07 Å². The van der Waals surface area contributed by atoms with Gasteiger partial charge in [0.05, 0.1) is 10.6 Å². The lowest BCUT2D eigenvalue weighted by Crippen LogP contribution is -2.14. The largest absolute Gasteiger partial charge is 0.423 e. The van der Waals surface area contributed by atoms with Gasteiger partial charge in [-0.3, -0.25) is 0 Å². The first-order valence-corrected chi connectivity index (χ1v) is 12.0. The second-order valence-electron chi connectivity index (χ2n) is 6.76. The van der Waals surface area contributed by atoms with Gasteiger partial charge >= 0.3 is 6.01 Å². The van der Waals surface area contributed by atoms with Gasteiger partial charge in [-0.05, 0) is 42.3 Å². The molecule has 0 aliphatic heterocycles. The number of fused-ring (bicyclic) bond motifs is 1. The fourth-order valence-corrected chi connectivity index (χ4v) is 5.65. The number of halogens is 1. The van der Waals surface area contributed by atoms with E-state index >= 15 is 0 Å². The quantitative estimate of drug-likeness (QED) is 0.361. The number of oxazole rings is 1. The summed E-state index contributed by atoms with van der Waals surface area (Å²) in [6.45, 7) is 1.91. The predicted molar refractivity (Wildman–Crippen MR) is 122 cm³/mol. The van der Waals surface area contributed by atoms with E-state index in [-0.39, 0.29) is 21.5 Å². The lowest BCUT2D eigenvalue weighted by Gasteiger charge is -2.12. The highest BCUT2D eigenvalue weighted by Crippen LogP contribution is 2.35. The van der Waals surface area contributed by atoms with Crippen LogP contribution in [0.1, 0.15) is 16.7 Å². The Morgan fingerprint density at radius 3 is 2.68 bits per heavy atom. The lowest BCUT2D eigenvalue weighted by atomic mass is 10.2. The molecule has 1 aromatic heterocycles. The highest BCUT2D eigenvalue weighted by Gasteiger charge is 2.24. The minimum absolute atomic E-state index is 0.0622. The predicted octanol–water partition coefficient (Wildman–Crippen LogP) is 5.75. The highest BCUT2D eigenvalue weighted by molar-refractivity contribution is 7.99. The molecule has 0 aliphatic carbocycles. The zero-order valence-corrected chi connectivity index (χ0v) is 18.7. The van der Waals surface area contributed by atoms with Gasteiger partial charge < -0.3 is 4.42 Å². The van der Waals surface area contributed by atoms with Crippen LogP contribution in [0.25, 0.3) is 11.1 Å². The Labute approximate surface area is 188 Å². The maximum absolute atomic E-state index is 13.2. The molecule has 0 bridgehead atoms. The standard InChI is InChI=1S/C22H16ClN3O3S2/c1-14-7-8-19-18(9-14)25-22(29-19)26-31(27,28)21-10-16(12-24)17(23)11-20(21)30-13-15-5-3-2-4-6-15/h2-11H,13H2,1H3,(H,25,26). The summed E-state index contributed by atoms with van der Waals surface area (Å²) >= 11 is 7.49. The van der Waals surface area contributed by atoms with Crippen LogP contribution in [0.15, 0.2) is 74.9 Å². The molecule has 156 valence electrons. The number of nitriles is 1. The van der Waals surface area contributed by atoms with Gasteiger partial charge in [-0.15, -0.1) is 11.8 Å². The molecule has 31 heavy (non-hydrogen) atoms. The zero-order chi connectivity index (χ0) is 22.0. The van der Waals surface area contributed by atoms with Crippen LogP contribution in [-0.2, 0) is 15.8 Å². The molecular weight excluding hydrogens is 454 g/mol. The van der Waals surface area contributed by atoms with Crippen molar-refractivity contribution in [1.82, 2.24) is 4.98 Å². The molecule has 0 radical (unpaired) electrons. The zero-order valence-electron chi connectivity index (χ0n) is 16.3. The second kappa shape index (κ2) is 8.63. The van der Waals surface area contributed by atoms with Gasteiger partial charge in [0.2, 0.25) is 0 Å². The topological polar surface area (TPSA) is 96.0 Å². The molecule has 1 heterocycles. The number of benzene rings is 3. The van der Waals surface area contributed by atoms with E-state index in [1.54, 1.807) is 12.1 Å². The summed E-state index contributed by atoms with van der Waals surface area (Å²) in [5.74, 6) is 0.535. The van der Waals surface area contributed by atoms with Crippen LogP contribution >= 0.6 is 23.4 Å². The van der Waals surface area contributed by atoms with E-state index in [9.17, 15) is 13.7 Å². The number of sulfonamides is 1. The summed E-state index contributed by atoms with van der Waals surface area (Å²) in [5, 5.41) is 9.52. The van der Waals surface area contributed by atoms with Crippen molar-refractivity contribution in [2.75, 3.05) is 4.72 Å². The van der Waals surface area contributed by atoms with Gasteiger partial charge in [0.15, 0.2) is 5.58 Å². The molecule has 0 saturated heterocycles. The van der Waals surface area contributed by atoms with E-state index in [1.165, 1.54) is 23.9 Å². The Kier molecular flexibility index (Phi) is 5.92. The number of nitrogens with zero attached hydrogens (tertiary/aromatic N) is 2. The molecular formula is C22H16ClN3O3S2.